The Bertz CT molecular complexity index is 1040. The molecular weight excluding hydrogens is 414 g/mol. The van der Waals surface area contributed by atoms with Crippen LogP contribution in [0.5, 0.6) is 0 Å². The molecule has 0 aliphatic rings. The number of carbonyl (C=O) groups is 1. The van der Waals surface area contributed by atoms with Crippen LogP contribution in [0.15, 0.2) is 65.9 Å². The van der Waals surface area contributed by atoms with E-state index < -0.39 is 17.6 Å². The minimum Gasteiger partial charge on any atom is -0.316 e. The van der Waals surface area contributed by atoms with Crippen molar-refractivity contribution in [2.24, 2.45) is 5.10 Å². The fourth-order valence-electron chi connectivity index (χ4n) is 2.43. The van der Waals surface area contributed by atoms with Gasteiger partial charge in [0.2, 0.25) is 0 Å². The number of carbonyl (C=O) groups excluding carboxylic acids is 1. The highest BCUT2D eigenvalue weighted by Gasteiger charge is 2.30. The Balaban J connectivity index is 1.77. The van der Waals surface area contributed by atoms with Crippen molar-refractivity contribution < 1.29 is 18.0 Å². The molecule has 0 aliphatic carbocycles. The summed E-state index contributed by atoms with van der Waals surface area (Å²) in [5, 5.41) is 4.41. The summed E-state index contributed by atoms with van der Waals surface area (Å²) in [5.74, 6) is -0.507. The van der Waals surface area contributed by atoms with Crippen LogP contribution in [-0.4, -0.2) is 16.7 Å². The standard InChI is InChI=1S/C19H12Cl2F3N3O/c20-16-7-6-12(9-17(16)21)18(28)26-25-11-15-5-2-8-27(15)14-4-1-3-13(10-14)19(22,23)24/h1-11H,(H,26,28)/b25-11-. The van der Waals surface area contributed by atoms with E-state index in [4.69, 9.17) is 23.2 Å². The molecule has 28 heavy (non-hydrogen) atoms. The Morgan fingerprint density at radius 1 is 1.04 bits per heavy atom. The van der Waals surface area contributed by atoms with E-state index in [1.807, 2.05) is 0 Å². The van der Waals surface area contributed by atoms with Gasteiger partial charge in [0.1, 0.15) is 0 Å². The Morgan fingerprint density at radius 3 is 2.54 bits per heavy atom. The molecule has 0 saturated heterocycles. The van der Waals surface area contributed by atoms with Crippen LogP contribution in [0.1, 0.15) is 21.6 Å². The number of halogens is 5. The molecule has 0 radical (unpaired) electrons. The van der Waals surface area contributed by atoms with Crippen LogP contribution < -0.4 is 5.43 Å². The molecule has 0 saturated carbocycles. The number of nitrogens with zero attached hydrogens (tertiary/aromatic N) is 2. The van der Waals surface area contributed by atoms with Gasteiger partial charge in [-0.1, -0.05) is 29.3 Å². The molecule has 9 heteroatoms. The number of benzene rings is 2. The largest absolute Gasteiger partial charge is 0.416 e. The summed E-state index contributed by atoms with van der Waals surface area (Å²) in [4.78, 5) is 12.1. The van der Waals surface area contributed by atoms with Gasteiger partial charge in [-0.05, 0) is 48.5 Å². The Labute approximate surface area is 168 Å². The second kappa shape index (κ2) is 8.08. The van der Waals surface area contributed by atoms with E-state index in [1.165, 1.54) is 35.0 Å². The molecule has 2 aromatic carbocycles. The second-order valence-corrected chi connectivity index (χ2v) is 6.49. The maximum Gasteiger partial charge on any atom is 0.416 e. The Hall–Kier alpha value is -2.77. The predicted octanol–water partition coefficient (Wildman–Crippen LogP) is 5.57. The molecule has 1 N–H and O–H groups in total. The number of hydrazone groups is 1. The lowest BCUT2D eigenvalue weighted by Gasteiger charge is -2.11. The van der Waals surface area contributed by atoms with Crippen LogP contribution in [0, 0.1) is 0 Å². The average molecular weight is 426 g/mol. The molecule has 0 bridgehead atoms. The maximum atomic E-state index is 12.9. The zero-order valence-electron chi connectivity index (χ0n) is 14.0. The molecule has 3 rings (SSSR count). The number of aromatic nitrogens is 1. The van der Waals surface area contributed by atoms with E-state index in [-0.39, 0.29) is 10.6 Å². The zero-order chi connectivity index (χ0) is 20.3. The van der Waals surface area contributed by atoms with Crippen LogP contribution in [0.25, 0.3) is 5.69 Å². The quantitative estimate of drug-likeness (QED) is 0.431. The van der Waals surface area contributed by atoms with E-state index >= 15 is 0 Å². The van der Waals surface area contributed by atoms with Crippen molar-refractivity contribution >= 4 is 35.3 Å². The van der Waals surface area contributed by atoms with E-state index in [1.54, 1.807) is 24.4 Å². The lowest BCUT2D eigenvalue weighted by atomic mass is 10.2. The molecular formula is C19H12Cl2F3N3O. The molecule has 1 amide bonds. The predicted molar refractivity (Wildman–Crippen MR) is 102 cm³/mol. The number of alkyl halides is 3. The van der Waals surface area contributed by atoms with Gasteiger partial charge in [0.15, 0.2) is 0 Å². The van der Waals surface area contributed by atoms with Gasteiger partial charge in [-0.15, -0.1) is 0 Å². The van der Waals surface area contributed by atoms with Crippen LogP contribution in [0.3, 0.4) is 0 Å². The highest BCUT2D eigenvalue weighted by Crippen LogP contribution is 2.30. The third-order valence-corrected chi connectivity index (χ3v) is 4.52. The fraction of sp³-hybridized carbons (Fsp3) is 0.0526. The van der Waals surface area contributed by atoms with Gasteiger partial charge in [-0.3, -0.25) is 4.79 Å². The second-order valence-electron chi connectivity index (χ2n) is 5.68. The monoisotopic (exact) mass is 425 g/mol. The summed E-state index contributed by atoms with van der Waals surface area (Å²) in [5.41, 5.74) is 2.64. The molecule has 0 atom stereocenters. The third-order valence-electron chi connectivity index (χ3n) is 3.78. The molecule has 0 aliphatic heterocycles. The van der Waals surface area contributed by atoms with Crippen molar-refractivity contribution in [2.45, 2.75) is 6.18 Å². The van der Waals surface area contributed by atoms with Crippen LogP contribution in [-0.2, 0) is 6.18 Å². The number of hydrogen-bond donors (Lipinski definition) is 1. The van der Waals surface area contributed by atoms with E-state index in [0.29, 0.717) is 16.4 Å². The lowest BCUT2D eigenvalue weighted by molar-refractivity contribution is -0.137. The number of hydrogen-bond acceptors (Lipinski definition) is 2. The smallest absolute Gasteiger partial charge is 0.316 e. The minimum absolute atomic E-state index is 0.233. The first-order valence-corrected chi connectivity index (χ1v) is 8.65. The first-order chi connectivity index (χ1) is 13.3. The topological polar surface area (TPSA) is 46.4 Å². The fourth-order valence-corrected chi connectivity index (χ4v) is 2.72. The van der Waals surface area contributed by atoms with Gasteiger partial charge in [0.25, 0.3) is 5.91 Å². The van der Waals surface area contributed by atoms with Crippen molar-refractivity contribution in [3.05, 3.63) is 87.7 Å². The summed E-state index contributed by atoms with van der Waals surface area (Å²) in [6.07, 6.45) is -1.52. The lowest BCUT2D eigenvalue weighted by Crippen LogP contribution is -2.17. The van der Waals surface area contributed by atoms with Crippen molar-refractivity contribution in [1.82, 2.24) is 9.99 Å². The minimum atomic E-state index is -4.44. The Kier molecular flexibility index (Phi) is 5.76. The maximum absolute atomic E-state index is 12.9. The van der Waals surface area contributed by atoms with E-state index in [9.17, 15) is 18.0 Å². The summed E-state index contributed by atoms with van der Waals surface area (Å²) in [6.45, 7) is 0. The molecule has 0 spiro atoms. The number of amides is 1. The summed E-state index contributed by atoms with van der Waals surface area (Å²) in [7, 11) is 0. The molecule has 0 unspecified atom stereocenters. The molecule has 4 nitrogen and oxygen atoms in total. The molecule has 144 valence electrons. The highest BCUT2D eigenvalue weighted by atomic mass is 35.5. The first-order valence-electron chi connectivity index (χ1n) is 7.89. The van der Waals surface area contributed by atoms with Crippen LogP contribution >= 0.6 is 23.2 Å². The van der Waals surface area contributed by atoms with Gasteiger partial charge >= 0.3 is 6.18 Å². The van der Waals surface area contributed by atoms with Crippen molar-refractivity contribution in [3.8, 4) is 5.69 Å². The van der Waals surface area contributed by atoms with Crippen LogP contribution in [0.2, 0.25) is 10.0 Å². The number of nitrogens with one attached hydrogen (secondary N) is 1. The Morgan fingerprint density at radius 2 is 1.82 bits per heavy atom. The SMILES string of the molecule is O=C(N/N=C\c1cccn1-c1cccc(C(F)(F)F)c1)c1ccc(Cl)c(Cl)c1. The zero-order valence-corrected chi connectivity index (χ0v) is 15.6. The number of rotatable bonds is 4. The van der Waals surface area contributed by atoms with Crippen molar-refractivity contribution in [2.75, 3.05) is 0 Å². The van der Waals surface area contributed by atoms with E-state index in [0.717, 1.165) is 12.1 Å². The van der Waals surface area contributed by atoms with Crippen molar-refractivity contribution in [1.29, 1.82) is 0 Å². The van der Waals surface area contributed by atoms with Gasteiger partial charge in [0.05, 0.1) is 27.5 Å². The van der Waals surface area contributed by atoms with Crippen LogP contribution in [0.4, 0.5) is 13.2 Å². The highest BCUT2D eigenvalue weighted by molar-refractivity contribution is 6.42. The summed E-state index contributed by atoms with van der Waals surface area (Å²) in [6, 6.07) is 12.6. The van der Waals surface area contributed by atoms with Gasteiger partial charge in [-0.2, -0.15) is 18.3 Å². The summed E-state index contributed by atoms with van der Waals surface area (Å²) >= 11 is 11.7. The van der Waals surface area contributed by atoms with Gasteiger partial charge < -0.3 is 4.57 Å². The van der Waals surface area contributed by atoms with Gasteiger partial charge in [0, 0.05) is 17.4 Å². The summed E-state index contributed by atoms with van der Waals surface area (Å²) < 4.78 is 40.3. The normalized spacial score (nSPS) is 11.8. The first kappa shape index (κ1) is 20.0. The molecule has 3 aromatic rings. The molecule has 1 heterocycles. The molecule has 0 fully saturated rings. The third kappa shape index (κ3) is 4.55. The van der Waals surface area contributed by atoms with Gasteiger partial charge in [-0.25, -0.2) is 5.43 Å². The molecule has 1 aromatic heterocycles. The van der Waals surface area contributed by atoms with E-state index in [2.05, 4.69) is 10.5 Å². The van der Waals surface area contributed by atoms with Crippen molar-refractivity contribution in [3.63, 3.8) is 0 Å². The average Bonchev–Trinajstić information content (AvgIpc) is 3.12.